The molecule has 82 valence electrons. The summed E-state index contributed by atoms with van der Waals surface area (Å²) in [4.78, 5) is 0. The van der Waals surface area contributed by atoms with Crippen molar-refractivity contribution in [3.63, 3.8) is 0 Å². The molecule has 1 aromatic carbocycles. The molecular weight excluding hydrogens is 217 g/mol. The second kappa shape index (κ2) is 3.48. The highest BCUT2D eigenvalue weighted by atomic mass is 32.2. The van der Waals surface area contributed by atoms with Crippen LogP contribution in [-0.4, -0.2) is 14.7 Å². The number of hydrogen-bond acceptors (Lipinski definition) is 2. The van der Waals surface area contributed by atoms with Crippen LogP contribution in [0.3, 0.4) is 0 Å². The summed E-state index contributed by atoms with van der Waals surface area (Å²) in [6, 6.07) is 4.66. The van der Waals surface area contributed by atoms with E-state index < -0.39 is 15.8 Å². The van der Waals surface area contributed by atoms with Gasteiger partial charge in [0.1, 0.15) is 5.82 Å². The van der Waals surface area contributed by atoms with Crippen molar-refractivity contribution in [2.45, 2.75) is 18.8 Å². The Morgan fingerprint density at radius 3 is 2.53 bits per heavy atom. The molecule has 0 bridgehead atoms. The third kappa shape index (κ3) is 2.68. The van der Waals surface area contributed by atoms with Gasteiger partial charge in [-0.05, 0) is 36.5 Å². The van der Waals surface area contributed by atoms with Crippen LogP contribution >= 0.6 is 0 Å². The van der Waals surface area contributed by atoms with E-state index in [9.17, 15) is 12.8 Å². The Morgan fingerprint density at radius 2 is 2.07 bits per heavy atom. The van der Waals surface area contributed by atoms with Gasteiger partial charge in [-0.25, -0.2) is 12.8 Å². The zero-order valence-electron chi connectivity index (χ0n) is 8.33. The number of nitrogens with one attached hydrogen (secondary N) is 1. The fraction of sp³-hybridized carbons (Fsp3) is 0.400. The maximum Gasteiger partial charge on any atom is 0.229 e. The Labute approximate surface area is 88.4 Å². The number of benzene rings is 1. The van der Waals surface area contributed by atoms with Gasteiger partial charge in [-0.15, -0.1) is 0 Å². The lowest BCUT2D eigenvalue weighted by molar-refractivity contribution is 0.603. The molecule has 1 N–H and O–H groups in total. The Morgan fingerprint density at radius 1 is 1.40 bits per heavy atom. The first kappa shape index (κ1) is 10.4. The standard InChI is InChI=1S/C10H12FNO2S/c1-15(13,14)12-10-5-4-8(6-9(10)11)7-2-3-7/h4-7,12H,2-3H2,1H3. The van der Waals surface area contributed by atoms with E-state index in [1.165, 1.54) is 12.1 Å². The molecule has 0 radical (unpaired) electrons. The summed E-state index contributed by atoms with van der Waals surface area (Å²) in [7, 11) is -3.41. The van der Waals surface area contributed by atoms with Crippen LogP contribution in [0.5, 0.6) is 0 Å². The summed E-state index contributed by atoms with van der Waals surface area (Å²) in [6.07, 6.45) is 3.19. The third-order valence-corrected chi connectivity index (χ3v) is 2.93. The van der Waals surface area contributed by atoms with Crippen molar-refractivity contribution >= 4 is 15.7 Å². The molecule has 15 heavy (non-hydrogen) atoms. The predicted octanol–water partition coefficient (Wildman–Crippen LogP) is 2.07. The first-order valence-electron chi connectivity index (χ1n) is 4.73. The monoisotopic (exact) mass is 229 g/mol. The SMILES string of the molecule is CS(=O)(=O)Nc1ccc(C2CC2)cc1F. The lowest BCUT2D eigenvalue weighted by Gasteiger charge is -2.06. The van der Waals surface area contributed by atoms with Crippen molar-refractivity contribution < 1.29 is 12.8 Å². The fourth-order valence-electron chi connectivity index (χ4n) is 1.48. The van der Waals surface area contributed by atoms with Crippen LogP contribution in [0.1, 0.15) is 24.3 Å². The molecule has 1 saturated carbocycles. The van der Waals surface area contributed by atoms with E-state index in [2.05, 4.69) is 4.72 Å². The summed E-state index contributed by atoms with van der Waals surface area (Å²) in [5, 5.41) is 0. The van der Waals surface area contributed by atoms with Gasteiger partial charge in [-0.1, -0.05) is 6.07 Å². The molecule has 1 aliphatic rings. The minimum Gasteiger partial charge on any atom is -0.281 e. The molecule has 0 aliphatic heterocycles. The molecule has 3 nitrogen and oxygen atoms in total. The van der Waals surface area contributed by atoms with E-state index in [1.807, 2.05) is 0 Å². The van der Waals surface area contributed by atoms with Crippen LogP contribution in [0.25, 0.3) is 0 Å². The Hall–Kier alpha value is -1.10. The van der Waals surface area contributed by atoms with E-state index in [-0.39, 0.29) is 5.69 Å². The summed E-state index contributed by atoms with van der Waals surface area (Å²) >= 11 is 0. The quantitative estimate of drug-likeness (QED) is 0.862. The van der Waals surface area contributed by atoms with Crippen molar-refractivity contribution in [3.05, 3.63) is 29.6 Å². The number of anilines is 1. The minimum absolute atomic E-state index is 0.0156. The molecule has 0 saturated heterocycles. The van der Waals surface area contributed by atoms with Crippen LogP contribution in [0, 0.1) is 5.82 Å². The van der Waals surface area contributed by atoms with Crippen molar-refractivity contribution in [2.75, 3.05) is 11.0 Å². The van der Waals surface area contributed by atoms with Gasteiger partial charge in [0.25, 0.3) is 0 Å². The Kier molecular flexibility index (Phi) is 2.42. The van der Waals surface area contributed by atoms with E-state index in [0.717, 1.165) is 24.7 Å². The molecule has 1 fully saturated rings. The fourth-order valence-corrected chi connectivity index (χ4v) is 2.05. The largest absolute Gasteiger partial charge is 0.281 e. The average molecular weight is 229 g/mol. The van der Waals surface area contributed by atoms with Crippen molar-refractivity contribution in [1.82, 2.24) is 0 Å². The maximum atomic E-state index is 13.4. The van der Waals surface area contributed by atoms with Gasteiger partial charge in [-0.2, -0.15) is 0 Å². The first-order valence-corrected chi connectivity index (χ1v) is 6.62. The molecule has 1 aliphatic carbocycles. The molecule has 0 aromatic heterocycles. The molecule has 0 unspecified atom stereocenters. The molecule has 1 aromatic rings. The maximum absolute atomic E-state index is 13.4. The summed E-state index contributed by atoms with van der Waals surface area (Å²) in [5.74, 6) is -0.0448. The van der Waals surface area contributed by atoms with Gasteiger partial charge in [0, 0.05) is 0 Å². The lowest BCUT2D eigenvalue weighted by Crippen LogP contribution is -2.10. The van der Waals surface area contributed by atoms with E-state index in [1.54, 1.807) is 6.07 Å². The topological polar surface area (TPSA) is 46.2 Å². The second-order valence-electron chi connectivity index (χ2n) is 3.89. The van der Waals surface area contributed by atoms with Crippen LogP contribution in [-0.2, 0) is 10.0 Å². The number of sulfonamides is 1. The van der Waals surface area contributed by atoms with Gasteiger partial charge >= 0.3 is 0 Å². The van der Waals surface area contributed by atoms with Gasteiger partial charge in [-0.3, -0.25) is 4.72 Å². The molecule has 0 atom stereocenters. The van der Waals surface area contributed by atoms with Crippen molar-refractivity contribution in [2.24, 2.45) is 0 Å². The minimum atomic E-state index is -3.41. The zero-order chi connectivity index (χ0) is 11.1. The summed E-state index contributed by atoms with van der Waals surface area (Å²) in [6.45, 7) is 0. The Balaban J connectivity index is 2.26. The number of halogens is 1. The third-order valence-electron chi connectivity index (χ3n) is 2.34. The highest BCUT2D eigenvalue weighted by Crippen LogP contribution is 2.40. The van der Waals surface area contributed by atoms with Gasteiger partial charge < -0.3 is 0 Å². The summed E-state index contributed by atoms with van der Waals surface area (Å²) < 4.78 is 37.4. The van der Waals surface area contributed by atoms with Crippen molar-refractivity contribution in [1.29, 1.82) is 0 Å². The highest BCUT2D eigenvalue weighted by Gasteiger charge is 2.24. The van der Waals surface area contributed by atoms with Gasteiger partial charge in [0.05, 0.1) is 11.9 Å². The molecule has 0 spiro atoms. The molecule has 0 heterocycles. The van der Waals surface area contributed by atoms with Crippen LogP contribution in [0.2, 0.25) is 0 Å². The number of hydrogen-bond donors (Lipinski definition) is 1. The lowest BCUT2D eigenvalue weighted by atomic mass is 10.1. The van der Waals surface area contributed by atoms with E-state index >= 15 is 0 Å². The predicted molar refractivity (Wildman–Crippen MR) is 56.8 cm³/mol. The zero-order valence-corrected chi connectivity index (χ0v) is 9.14. The second-order valence-corrected chi connectivity index (χ2v) is 5.64. The average Bonchev–Trinajstić information content (AvgIpc) is 2.89. The van der Waals surface area contributed by atoms with Crippen LogP contribution in [0.4, 0.5) is 10.1 Å². The Bertz CT molecular complexity index is 480. The molecule has 5 heteroatoms. The van der Waals surface area contributed by atoms with Gasteiger partial charge in [0.2, 0.25) is 10.0 Å². The van der Waals surface area contributed by atoms with E-state index in [4.69, 9.17) is 0 Å². The normalized spacial score (nSPS) is 16.4. The smallest absolute Gasteiger partial charge is 0.229 e. The van der Waals surface area contributed by atoms with Crippen molar-refractivity contribution in [3.8, 4) is 0 Å². The van der Waals surface area contributed by atoms with Crippen LogP contribution < -0.4 is 4.72 Å². The first-order chi connectivity index (χ1) is 6.96. The number of rotatable bonds is 3. The van der Waals surface area contributed by atoms with Gasteiger partial charge in [0.15, 0.2) is 0 Å². The molecule has 0 amide bonds. The van der Waals surface area contributed by atoms with Crippen LogP contribution in [0.15, 0.2) is 18.2 Å². The highest BCUT2D eigenvalue weighted by molar-refractivity contribution is 7.92. The molecular formula is C10H12FNO2S. The molecule has 2 rings (SSSR count). The van der Waals surface area contributed by atoms with E-state index in [0.29, 0.717) is 5.92 Å². The summed E-state index contributed by atoms with van der Waals surface area (Å²) in [5.41, 5.74) is 0.966.